The van der Waals surface area contributed by atoms with Gasteiger partial charge in [0, 0.05) is 37.9 Å². The highest BCUT2D eigenvalue weighted by Gasteiger charge is 2.19. The lowest BCUT2D eigenvalue weighted by atomic mass is 10.0. The molecule has 3 rings (SSSR count). The Morgan fingerprint density at radius 1 is 1.17 bits per heavy atom. The molecule has 0 spiro atoms. The number of furan rings is 1. The molecule has 0 aliphatic heterocycles. The van der Waals surface area contributed by atoms with E-state index in [9.17, 15) is 13.9 Å². The van der Waals surface area contributed by atoms with E-state index in [1.54, 1.807) is 23.1 Å². The van der Waals surface area contributed by atoms with Crippen LogP contribution in [-0.2, 0) is 13.0 Å². The molecule has 6 heteroatoms. The first-order valence-electron chi connectivity index (χ1n) is 7.27. The first-order chi connectivity index (χ1) is 11.2. The van der Waals surface area contributed by atoms with Gasteiger partial charge < -0.3 is 14.1 Å². The number of hydrogen-bond acceptors (Lipinski definition) is 3. The molecule has 0 radical (unpaired) electrons. The summed E-state index contributed by atoms with van der Waals surface area (Å²) in [6, 6.07) is 7.32. The van der Waals surface area contributed by atoms with Crippen LogP contribution < -0.4 is 0 Å². The summed E-state index contributed by atoms with van der Waals surface area (Å²) in [6.07, 6.45) is 5.23. The molecule has 2 heterocycles. The monoisotopic (exact) mass is 318 g/mol. The standard InChI is InChI=1S/C17H16F2N2O2/c18-14-4-1-5-15(19)16(14)17-20-6-7-21(17)10-12(11-22)9-13-3-2-8-23-13/h1-8,12,22H,9-11H2. The van der Waals surface area contributed by atoms with Gasteiger partial charge in [-0.15, -0.1) is 0 Å². The van der Waals surface area contributed by atoms with Crippen molar-refractivity contribution < 1.29 is 18.3 Å². The zero-order chi connectivity index (χ0) is 16.2. The number of nitrogens with zero attached hydrogens (tertiary/aromatic N) is 2. The molecular formula is C17H16F2N2O2. The van der Waals surface area contributed by atoms with Crippen molar-refractivity contribution in [2.24, 2.45) is 5.92 Å². The van der Waals surface area contributed by atoms with Gasteiger partial charge in [0.25, 0.3) is 0 Å². The summed E-state index contributed by atoms with van der Waals surface area (Å²) in [4.78, 5) is 4.07. The zero-order valence-corrected chi connectivity index (χ0v) is 12.3. The maximum atomic E-state index is 14.0. The van der Waals surface area contributed by atoms with Gasteiger partial charge in [0.15, 0.2) is 0 Å². The van der Waals surface area contributed by atoms with E-state index in [4.69, 9.17) is 4.42 Å². The predicted octanol–water partition coefficient (Wildman–Crippen LogP) is 3.27. The molecule has 120 valence electrons. The molecule has 0 fully saturated rings. The number of benzene rings is 1. The second-order valence-corrected chi connectivity index (χ2v) is 5.33. The van der Waals surface area contributed by atoms with E-state index in [1.807, 2.05) is 6.07 Å². The van der Waals surface area contributed by atoms with Gasteiger partial charge in [0.05, 0.1) is 11.8 Å². The van der Waals surface area contributed by atoms with Crippen molar-refractivity contribution in [2.45, 2.75) is 13.0 Å². The molecule has 23 heavy (non-hydrogen) atoms. The molecule has 0 saturated heterocycles. The Labute approximate surface area is 132 Å². The second kappa shape index (κ2) is 6.75. The van der Waals surface area contributed by atoms with Crippen LogP contribution in [0.3, 0.4) is 0 Å². The van der Waals surface area contributed by atoms with Gasteiger partial charge in [-0.25, -0.2) is 13.8 Å². The Hall–Kier alpha value is -2.47. The quantitative estimate of drug-likeness (QED) is 0.759. The maximum Gasteiger partial charge on any atom is 0.145 e. The van der Waals surface area contributed by atoms with Crippen LogP contribution in [0.25, 0.3) is 11.4 Å². The summed E-state index contributed by atoms with van der Waals surface area (Å²) in [6.45, 7) is 0.304. The molecule has 0 saturated carbocycles. The third-order valence-corrected chi connectivity index (χ3v) is 3.68. The average molecular weight is 318 g/mol. The minimum atomic E-state index is -0.663. The average Bonchev–Trinajstić information content (AvgIpc) is 3.19. The molecule has 1 N–H and O–H groups in total. The van der Waals surface area contributed by atoms with Gasteiger partial charge >= 0.3 is 0 Å². The zero-order valence-electron chi connectivity index (χ0n) is 12.3. The number of hydrogen-bond donors (Lipinski definition) is 1. The lowest BCUT2D eigenvalue weighted by Gasteiger charge is -2.16. The van der Waals surface area contributed by atoms with Crippen LogP contribution in [0.1, 0.15) is 5.76 Å². The highest BCUT2D eigenvalue weighted by molar-refractivity contribution is 5.57. The van der Waals surface area contributed by atoms with Gasteiger partial charge in [-0.1, -0.05) is 6.07 Å². The molecule has 0 amide bonds. The number of imidazole rings is 1. The third kappa shape index (κ3) is 3.32. The minimum Gasteiger partial charge on any atom is -0.469 e. The van der Waals surface area contributed by atoms with Crippen LogP contribution >= 0.6 is 0 Å². The number of aliphatic hydroxyl groups excluding tert-OH is 1. The normalized spacial score (nSPS) is 12.5. The van der Waals surface area contributed by atoms with Crippen LogP contribution in [-0.4, -0.2) is 21.3 Å². The van der Waals surface area contributed by atoms with Crippen LogP contribution in [0.2, 0.25) is 0 Å². The predicted molar refractivity (Wildman–Crippen MR) is 80.6 cm³/mol. The summed E-state index contributed by atoms with van der Waals surface area (Å²) in [5, 5.41) is 9.57. The smallest absolute Gasteiger partial charge is 0.145 e. The number of rotatable bonds is 6. The SMILES string of the molecule is OCC(Cc1ccco1)Cn1ccnc1-c1c(F)cccc1F. The Morgan fingerprint density at radius 3 is 2.61 bits per heavy atom. The lowest BCUT2D eigenvalue weighted by Crippen LogP contribution is -2.17. The fraction of sp³-hybridized carbons (Fsp3) is 0.235. The first kappa shape index (κ1) is 15.4. The van der Waals surface area contributed by atoms with Crippen molar-refractivity contribution in [3.63, 3.8) is 0 Å². The van der Waals surface area contributed by atoms with Crippen molar-refractivity contribution in [1.29, 1.82) is 0 Å². The first-order valence-corrected chi connectivity index (χ1v) is 7.27. The van der Waals surface area contributed by atoms with E-state index in [1.165, 1.54) is 24.4 Å². The maximum absolute atomic E-state index is 14.0. The van der Waals surface area contributed by atoms with Crippen LogP contribution in [0.4, 0.5) is 8.78 Å². The minimum absolute atomic E-state index is 0.0714. The van der Waals surface area contributed by atoms with E-state index < -0.39 is 11.6 Å². The molecule has 1 atom stereocenters. The molecule has 4 nitrogen and oxygen atoms in total. The largest absolute Gasteiger partial charge is 0.469 e. The summed E-state index contributed by atoms with van der Waals surface area (Å²) in [5.74, 6) is -0.515. The summed E-state index contributed by atoms with van der Waals surface area (Å²) >= 11 is 0. The van der Waals surface area contributed by atoms with Crippen molar-refractivity contribution in [1.82, 2.24) is 9.55 Å². The Balaban J connectivity index is 1.86. The fourth-order valence-electron chi connectivity index (χ4n) is 2.57. The lowest BCUT2D eigenvalue weighted by molar-refractivity contribution is 0.204. The fourth-order valence-corrected chi connectivity index (χ4v) is 2.57. The van der Waals surface area contributed by atoms with Crippen LogP contribution in [0.5, 0.6) is 0 Å². The second-order valence-electron chi connectivity index (χ2n) is 5.33. The van der Waals surface area contributed by atoms with Gasteiger partial charge in [0.1, 0.15) is 23.2 Å². The van der Waals surface area contributed by atoms with Crippen LogP contribution in [0, 0.1) is 17.6 Å². The van der Waals surface area contributed by atoms with Crippen molar-refractivity contribution in [3.05, 3.63) is 66.4 Å². The Bertz CT molecular complexity index is 749. The summed E-state index contributed by atoms with van der Waals surface area (Å²) < 4.78 is 34.8. The van der Waals surface area contributed by atoms with Crippen LogP contribution in [0.15, 0.2) is 53.4 Å². The molecule has 0 aliphatic carbocycles. The van der Waals surface area contributed by atoms with Crippen molar-refractivity contribution in [3.8, 4) is 11.4 Å². The van der Waals surface area contributed by atoms with Gasteiger partial charge in [-0.3, -0.25) is 0 Å². The van der Waals surface area contributed by atoms with Crippen molar-refractivity contribution >= 4 is 0 Å². The molecule has 1 aromatic carbocycles. The number of halogens is 2. The van der Waals surface area contributed by atoms with E-state index in [0.717, 1.165) is 5.76 Å². The Kier molecular flexibility index (Phi) is 4.52. The van der Waals surface area contributed by atoms with E-state index >= 15 is 0 Å². The van der Waals surface area contributed by atoms with Crippen molar-refractivity contribution in [2.75, 3.05) is 6.61 Å². The van der Waals surface area contributed by atoms with Gasteiger partial charge in [0.2, 0.25) is 0 Å². The van der Waals surface area contributed by atoms with E-state index in [0.29, 0.717) is 13.0 Å². The molecule has 3 aromatic rings. The molecular weight excluding hydrogens is 302 g/mol. The van der Waals surface area contributed by atoms with Gasteiger partial charge in [-0.2, -0.15) is 0 Å². The summed E-state index contributed by atoms with van der Waals surface area (Å²) in [5.41, 5.74) is -0.160. The van der Waals surface area contributed by atoms with E-state index in [2.05, 4.69) is 4.98 Å². The molecule has 0 bridgehead atoms. The summed E-state index contributed by atoms with van der Waals surface area (Å²) in [7, 11) is 0. The highest BCUT2D eigenvalue weighted by atomic mass is 19.1. The third-order valence-electron chi connectivity index (χ3n) is 3.68. The topological polar surface area (TPSA) is 51.2 Å². The number of aliphatic hydroxyl groups is 1. The molecule has 2 aromatic heterocycles. The number of aromatic nitrogens is 2. The molecule has 0 aliphatic rings. The van der Waals surface area contributed by atoms with E-state index in [-0.39, 0.29) is 23.9 Å². The van der Waals surface area contributed by atoms with Gasteiger partial charge in [-0.05, 0) is 24.3 Å². The Morgan fingerprint density at radius 2 is 1.96 bits per heavy atom. The highest BCUT2D eigenvalue weighted by Crippen LogP contribution is 2.25. The molecule has 1 unspecified atom stereocenters.